The number of methoxy groups -OCH3 is 1. The summed E-state index contributed by atoms with van der Waals surface area (Å²) >= 11 is 0. The number of amides is 1. The summed E-state index contributed by atoms with van der Waals surface area (Å²) in [5.74, 6) is -0.182. The number of H-pyrrole nitrogens is 1. The average molecular weight is 1040 g/mol. The van der Waals surface area contributed by atoms with Crippen molar-refractivity contribution in [3.05, 3.63) is 136 Å². The molecule has 5 heterocycles. The Balaban J connectivity index is 0.837. The van der Waals surface area contributed by atoms with E-state index in [1.165, 1.54) is 41.2 Å². The highest BCUT2D eigenvalue weighted by Gasteiger charge is 2.50. The molecule has 2 aliphatic heterocycles. The lowest BCUT2D eigenvalue weighted by atomic mass is 9.59. The van der Waals surface area contributed by atoms with Crippen molar-refractivity contribution < 1.29 is 37.1 Å². The van der Waals surface area contributed by atoms with Gasteiger partial charge in [0.05, 0.1) is 41.0 Å². The van der Waals surface area contributed by atoms with Crippen molar-refractivity contribution in [2.75, 3.05) is 56.6 Å². The van der Waals surface area contributed by atoms with Crippen molar-refractivity contribution >= 4 is 44.2 Å². The van der Waals surface area contributed by atoms with E-state index in [0.29, 0.717) is 49.8 Å². The Morgan fingerprint density at radius 3 is 2.43 bits per heavy atom. The number of hydrogen-bond acceptors (Lipinski definition) is 14. The maximum Gasteiger partial charge on any atom is 0.312 e. The largest absolute Gasteiger partial charge is 0.497 e. The van der Waals surface area contributed by atoms with Gasteiger partial charge in [-0.05, 0) is 123 Å². The average Bonchev–Trinajstić information content (AvgIpc) is 3.76. The van der Waals surface area contributed by atoms with Crippen LogP contribution in [-0.2, 0) is 16.6 Å². The highest BCUT2D eigenvalue weighted by molar-refractivity contribution is 7.90. The first-order chi connectivity index (χ1) is 35.9. The Morgan fingerprint density at radius 1 is 0.960 bits per heavy atom. The van der Waals surface area contributed by atoms with Crippen molar-refractivity contribution in [1.29, 1.82) is 0 Å². The molecule has 0 unspecified atom stereocenters. The lowest BCUT2D eigenvalue weighted by Gasteiger charge is -2.58. The summed E-state index contributed by atoms with van der Waals surface area (Å²) < 4.78 is 56.1. The summed E-state index contributed by atoms with van der Waals surface area (Å²) in [6.07, 6.45) is 10.3. The minimum Gasteiger partial charge on any atom is -0.497 e. The van der Waals surface area contributed by atoms with Gasteiger partial charge in [-0.15, -0.1) is 0 Å². The molecule has 6 aromatic rings. The van der Waals surface area contributed by atoms with Gasteiger partial charge in [-0.25, -0.2) is 27.5 Å². The number of nitro groups is 1. The fourth-order valence-corrected chi connectivity index (χ4v) is 12.7. The number of rotatable bonds is 16. The smallest absolute Gasteiger partial charge is 0.312 e. The van der Waals surface area contributed by atoms with Gasteiger partial charge in [0.1, 0.15) is 33.6 Å². The summed E-state index contributed by atoms with van der Waals surface area (Å²) in [4.78, 5) is 43.7. The number of piperidine rings is 1. The Kier molecular flexibility index (Phi) is 14.6. The topological polar surface area (TPSA) is 208 Å². The number of aliphatic hydroxyl groups is 1. The normalized spacial score (nSPS) is 21.5. The number of aromatic nitrogens is 3. The van der Waals surface area contributed by atoms with Gasteiger partial charge in [-0.1, -0.05) is 50.2 Å². The van der Waals surface area contributed by atoms with Crippen molar-refractivity contribution in [2.45, 2.75) is 107 Å². The number of halogens is 1. The van der Waals surface area contributed by atoms with Crippen LogP contribution in [0, 0.1) is 27.3 Å². The lowest BCUT2D eigenvalue weighted by Crippen LogP contribution is -2.60. The Morgan fingerprint density at radius 2 is 1.71 bits per heavy atom. The third-order valence-corrected chi connectivity index (χ3v) is 17.6. The van der Waals surface area contributed by atoms with E-state index in [-0.39, 0.29) is 45.6 Å². The number of anilines is 2. The van der Waals surface area contributed by atoms with Gasteiger partial charge in [0.25, 0.3) is 15.9 Å². The van der Waals surface area contributed by atoms with Crippen LogP contribution in [0.4, 0.5) is 21.6 Å². The molecule has 75 heavy (non-hydrogen) atoms. The Bertz CT molecular complexity index is 3160. The molecule has 1 atom stereocenters. The van der Waals surface area contributed by atoms with Crippen LogP contribution in [0.1, 0.15) is 111 Å². The fourth-order valence-electron chi connectivity index (χ4n) is 11.8. The molecule has 2 saturated heterocycles. The lowest BCUT2D eigenvalue weighted by molar-refractivity contribution is -0.384. The van der Waals surface area contributed by atoms with Gasteiger partial charge in [-0.3, -0.25) is 24.7 Å². The predicted molar refractivity (Wildman–Crippen MR) is 284 cm³/mol. The number of fused-ring (bicyclic) bond motifs is 1. The van der Waals surface area contributed by atoms with Crippen LogP contribution in [-0.4, -0.2) is 107 Å². The second-order valence-corrected chi connectivity index (χ2v) is 23.4. The number of nitrogens with zero attached hydrogens (tertiary/aromatic N) is 6. The third kappa shape index (κ3) is 11.3. The molecular formula is C56H66FN9O8S. The number of piperazine rings is 1. The summed E-state index contributed by atoms with van der Waals surface area (Å²) in [6.45, 7) is 12.0. The summed E-state index contributed by atoms with van der Waals surface area (Å²) in [5.41, 5.74) is 3.87. The van der Waals surface area contributed by atoms with E-state index in [0.717, 1.165) is 88.7 Å². The maximum atomic E-state index is 14.7. The van der Waals surface area contributed by atoms with Gasteiger partial charge in [0, 0.05) is 81.9 Å². The quantitative estimate of drug-likeness (QED) is 0.0526. The van der Waals surface area contributed by atoms with Crippen LogP contribution in [0.2, 0.25) is 0 Å². The van der Waals surface area contributed by atoms with Crippen LogP contribution in [0.15, 0.2) is 102 Å². The molecule has 2 aliphatic carbocycles. The third-order valence-electron chi connectivity index (χ3n) is 16.3. The van der Waals surface area contributed by atoms with Crippen molar-refractivity contribution in [3.63, 3.8) is 0 Å². The highest BCUT2D eigenvalue weighted by Crippen LogP contribution is 2.53. The fraction of sp³-hybridized carbons (Fsp3) is 0.446. The minimum absolute atomic E-state index is 0.00743. The molecule has 0 radical (unpaired) electrons. The van der Waals surface area contributed by atoms with Crippen LogP contribution in [0.3, 0.4) is 0 Å². The predicted octanol–water partition coefficient (Wildman–Crippen LogP) is 9.71. The monoisotopic (exact) mass is 1040 g/mol. The van der Waals surface area contributed by atoms with Crippen molar-refractivity contribution in [3.8, 4) is 17.2 Å². The van der Waals surface area contributed by atoms with E-state index in [4.69, 9.17) is 9.47 Å². The Labute approximate surface area is 437 Å². The number of hydrogen-bond donors (Lipinski definition) is 4. The molecule has 0 bridgehead atoms. The zero-order valence-corrected chi connectivity index (χ0v) is 43.7. The molecule has 4 aliphatic rings. The standard InChI is InChI=1S/C56H66FN9O8S/c1-36(2)44-7-5-6-8-45(44)50-35-63(34-38-9-12-41(73-4)13-10-38)23-24-65(50)40-28-56(29-40)19-21-64(22-20-56)39-11-14-46(51(25-39)74-42-26-47-48(57)33-61-52(47)59-31-42)54(67)62-75(71,72)43-27-49(66(69)70)53(60-32-43)58-30-37-15-17-55(3,68)18-16-37/h5-14,25-27,31-33,36-37,40,50,68H,15-24,28-30,34-35H2,1-4H3,(H,58,60)(H,59,61)(H,62,67)/t37?,50-,55?/m0/s1. The number of ether oxygens (including phenoxy) is 2. The number of sulfonamides is 1. The molecule has 17 nitrogen and oxygen atoms in total. The summed E-state index contributed by atoms with van der Waals surface area (Å²) in [6, 6.07) is 25.3. The molecule has 1 spiro atoms. The zero-order valence-electron chi connectivity index (χ0n) is 42.9. The first kappa shape index (κ1) is 51.8. The van der Waals surface area contributed by atoms with Crippen LogP contribution >= 0.6 is 0 Å². The van der Waals surface area contributed by atoms with Gasteiger partial charge in [0.15, 0.2) is 0 Å². The van der Waals surface area contributed by atoms with E-state index in [1.54, 1.807) is 26.2 Å². The molecule has 396 valence electrons. The molecule has 1 amide bonds. The van der Waals surface area contributed by atoms with E-state index < -0.39 is 42.9 Å². The molecule has 19 heteroatoms. The van der Waals surface area contributed by atoms with Gasteiger partial charge >= 0.3 is 5.69 Å². The first-order valence-electron chi connectivity index (χ1n) is 26.0. The number of nitrogens with one attached hydrogen (secondary N) is 3. The first-order valence-corrected chi connectivity index (χ1v) is 27.5. The van der Waals surface area contributed by atoms with E-state index in [2.05, 4.69) is 89.9 Å². The summed E-state index contributed by atoms with van der Waals surface area (Å²) in [5, 5.41) is 25.7. The van der Waals surface area contributed by atoms with Crippen molar-refractivity contribution in [2.24, 2.45) is 11.3 Å². The van der Waals surface area contributed by atoms with E-state index in [1.807, 2.05) is 12.1 Å². The van der Waals surface area contributed by atoms with Crippen LogP contribution < -0.4 is 24.4 Å². The van der Waals surface area contributed by atoms with Gasteiger partial charge in [-0.2, -0.15) is 0 Å². The van der Waals surface area contributed by atoms with Crippen LogP contribution in [0.5, 0.6) is 17.2 Å². The second kappa shape index (κ2) is 21.2. The number of carbonyl (C=O) groups is 1. The highest BCUT2D eigenvalue weighted by atomic mass is 32.2. The van der Waals surface area contributed by atoms with E-state index in [9.17, 15) is 32.8 Å². The molecule has 3 aromatic carbocycles. The minimum atomic E-state index is -4.71. The maximum absolute atomic E-state index is 14.7. The van der Waals surface area contributed by atoms with Crippen LogP contribution in [0.25, 0.3) is 11.0 Å². The zero-order chi connectivity index (χ0) is 52.6. The molecule has 10 rings (SSSR count). The van der Waals surface area contributed by atoms with E-state index >= 15 is 0 Å². The number of carbonyl (C=O) groups excluding carboxylic acids is 1. The molecule has 2 saturated carbocycles. The molecule has 4 fully saturated rings. The number of benzene rings is 3. The van der Waals surface area contributed by atoms with Gasteiger partial charge in [0.2, 0.25) is 5.82 Å². The number of pyridine rings is 2. The van der Waals surface area contributed by atoms with Crippen molar-refractivity contribution in [1.82, 2.24) is 29.5 Å². The summed E-state index contributed by atoms with van der Waals surface area (Å²) in [7, 11) is -3.01. The second-order valence-electron chi connectivity index (χ2n) is 21.7. The molecular weight excluding hydrogens is 978 g/mol. The molecule has 3 aromatic heterocycles. The molecule has 4 N–H and O–H groups in total. The van der Waals surface area contributed by atoms with Gasteiger partial charge < -0.3 is 29.8 Å². The SMILES string of the molecule is COc1ccc(CN2CCN(C3CC4(CCN(c5ccc(C(=O)NS(=O)(=O)c6cnc(NCC7CCC(C)(O)CC7)c([N+](=O)[O-])c6)c(Oc6cnc7[nH]cc(F)c7c6)c5)CC4)C3)[C@H](c3ccccc3C(C)C)C2)cc1. The Hall–Kier alpha value is -6.67. The number of aromatic amines is 1.